The molecule has 4 nitrogen and oxygen atoms in total. The van der Waals surface area contributed by atoms with E-state index in [1.807, 2.05) is 36.4 Å². The highest BCUT2D eigenvalue weighted by Crippen LogP contribution is 2.37. The maximum atomic E-state index is 6.24. The lowest BCUT2D eigenvalue weighted by molar-refractivity contribution is 0.492. The van der Waals surface area contributed by atoms with Gasteiger partial charge in [0.25, 0.3) is 0 Å². The van der Waals surface area contributed by atoms with E-state index >= 15 is 0 Å². The maximum Gasteiger partial charge on any atom is 0.250 e. The average Bonchev–Trinajstić information content (AvgIpc) is 2.46. The third-order valence-corrected chi connectivity index (χ3v) is 8.32. The average molecular weight is 313 g/mol. The predicted molar refractivity (Wildman–Crippen MR) is 92.7 cm³/mol. The molecule has 0 fully saturated rings. The molecule has 0 saturated heterocycles. The van der Waals surface area contributed by atoms with Crippen LogP contribution in [0.5, 0.6) is 5.75 Å². The molecule has 0 N–H and O–H groups in total. The number of hydrogen-bond acceptors (Lipinski definition) is 4. The molecular formula is C17H23N3OSi. The molecule has 0 aliphatic rings. The van der Waals surface area contributed by atoms with Gasteiger partial charge in [-0.05, 0) is 54.5 Å². The summed E-state index contributed by atoms with van der Waals surface area (Å²) in [6.07, 6.45) is 3.40. The van der Waals surface area contributed by atoms with Crippen LogP contribution in [-0.2, 0) is 0 Å². The first-order valence-corrected chi connectivity index (χ1v) is 10.3. The van der Waals surface area contributed by atoms with Crippen LogP contribution in [0.2, 0.25) is 18.1 Å². The molecule has 1 aromatic carbocycles. The highest BCUT2D eigenvalue weighted by molar-refractivity contribution is 6.74. The molecule has 1 heterocycles. The van der Waals surface area contributed by atoms with Crippen LogP contribution < -0.4 is 4.43 Å². The van der Waals surface area contributed by atoms with Crippen LogP contribution in [0.15, 0.2) is 59.0 Å². The molecule has 2 aromatic rings. The van der Waals surface area contributed by atoms with E-state index in [1.165, 1.54) is 0 Å². The van der Waals surface area contributed by atoms with Crippen molar-refractivity contribution >= 4 is 19.7 Å². The Bertz CT molecular complexity index is 631. The maximum absolute atomic E-state index is 6.24. The Morgan fingerprint density at radius 3 is 1.86 bits per heavy atom. The summed E-state index contributed by atoms with van der Waals surface area (Å²) in [5, 5.41) is 8.58. The minimum Gasteiger partial charge on any atom is -0.544 e. The molecule has 0 aliphatic carbocycles. The first-order chi connectivity index (χ1) is 10.3. The largest absolute Gasteiger partial charge is 0.544 e. The molecule has 0 amide bonds. The summed E-state index contributed by atoms with van der Waals surface area (Å²) in [5.74, 6) is 0.898. The molecule has 0 atom stereocenters. The molecule has 5 heteroatoms. The number of rotatable bonds is 4. The van der Waals surface area contributed by atoms with Crippen LogP contribution in [-0.4, -0.2) is 13.3 Å². The zero-order chi connectivity index (χ0) is 16.2. The number of benzene rings is 1. The van der Waals surface area contributed by atoms with Gasteiger partial charge >= 0.3 is 0 Å². The Hall–Kier alpha value is -2.01. The van der Waals surface area contributed by atoms with E-state index < -0.39 is 8.32 Å². The Morgan fingerprint density at radius 2 is 1.36 bits per heavy atom. The van der Waals surface area contributed by atoms with Crippen LogP contribution in [0.1, 0.15) is 20.8 Å². The van der Waals surface area contributed by atoms with Gasteiger partial charge in [-0.25, -0.2) is 0 Å². The van der Waals surface area contributed by atoms with Gasteiger partial charge in [0.1, 0.15) is 5.75 Å². The van der Waals surface area contributed by atoms with Gasteiger partial charge in [-0.2, -0.15) is 10.2 Å². The molecule has 0 saturated carbocycles. The molecule has 116 valence electrons. The first-order valence-electron chi connectivity index (χ1n) is 7.39. The molecular weight excluding hydrogens is 290 g/mol. The molecule has 22 heavy (non-hydrogen) atoms. The van der Waals surface area contributed by atoms with Crippen LogP contribution >= 0.6 is 0 Å². The summed E-state index contributed by atoms with van der Waals surface area (Å²) in [5.41, 5.74) is 1.59. The quantitative estimate of drug-likeness (QED) is 0.522. The van der Waals surface area contributed by atoms with Crippen molar-refractivity contribution in [2.75, 3.05) is 0 Å². The molecule has 0 spiro atoms. The standard InChI is InChI=1S/C17H23N3OSi/c1-17(2,3)22(4,5)21-16-8-6-14(7-9-16)19-20-15-10-12-18-13-11-15/h6-13H,1-5H3. The second-order valence-electron chi connectivity index (χ2n) is 6.76. The normalized spacial score (nSPS) is 12.6. The van der Waals surface area contributed by atoms with Crippen molar-refractivity contribution in [1.29, 1.82) is 0 Å². The van der Waals surface area contributed by atoms with Gasteiger partial charge in [-0.1, -0.05) is 20.8 Å². The molecule has 0 unspecified atom stereocenters. The minimum absolute atomic E-state index is 0.187. The van der Waals surface area contributed by atoms with Gasteiger partial charge in [-0.3, -0.25) is 4.98 Å². The first kappa shape index (κ1) is 16.4. The lowest BCUT2D eigenvalue weighted by atomic mass is 10.2. The summed E-state index contributed by atoms with van der Waals surface area (Å²) < 4.78 is 6.24. The summed E-state index contributed by atoms with van der Waals surface area (Å²) >= 11 is 0. The molecule has 2 rings (SSSR count). The van der Waals surface area contributed by atoms with E-state index in [0.29, 0.717) is 0 Å². The predicted octanol–water partition coefficient (Wildman–Crippen LogP) is 5.88. The van der Waals surface area contributed by atoms with E-state index in [4.69, 9.17) is 4.43 Å². The van der Waals surface area contributed by atoms with Crippen LogP contribution in [0, 0.1) is 0 Å². The fourth-order valence-electron chi connectivity index (χ4n) is 1.55. The van der Waals surface area contributed by atoms with Gasteiger partial charge in [0, 0.05) is 12.4 Å². The van der Waals surface area contributed by atoms with Crippen molar-refractivity contribution in [2.24, 2.45) is 10.2 Å². The van der Waals surface area contributed by atoms with Crippen molar-refractivity contribution in [1.82, 2.24) is 4.98 Å². The Morgan fingerprint density at radius 1 is 0.864 bits per heavy atom. The number of azo groups is 1. The number of nitrogens with zero attached hydrogens (tertiary/aromatic N) is 3. The zero-order valence-electron chi connectivity index (χ0n) is 13.9. The third-order valence-electron chi connectivity index (χ3n) is 3.96. The van der Waals surface area contributed by atoms with Crippen molar-refractivity contribution in [3.63, 3.8) is 0 Å². The number of aromatic nitrogens is 1. The van der Waals surface area contributed by atoms with Crippen LogP contribution in [0.3, 0.4) is 0 Å². The second-order valence-corrected chi connectivity index (χ2v) is 11.5. The highest BCUT2D eigenvalue weighted by Gasteiger charge is 2.38. The van der Waals surface area contributed by atoms with E-state index in [1.54, 1.807) is 12.4 Å². The lowest BCUT2D eigenvalue weighted by Gasteiger charge is -2.36. The van der Waals surface area contributed by atoms with E-state index in [0.717, 1.165) is 17.1 Å². The highest BCUT2D eigenvalue weighted by atomic mass is 28.4. The Labute approximate surface area is 133 Å². The van der Waals surface area contributed by atoms with Gasteiger partial charge in [0.15, 0.2) is 0 Å². The lowest BCUT2D eigenvalue weighted by Crippen LogP contribution is -2.43. The van der Waals surface area contributed by atoms with Gasteiger partial charge in [-0.15, -0.1) is 0 Å². The van der Waals surface area contributed by atoms with Gasteiger partial charge < -0.3 is 4.43 Å². The Balaban J connectivity index is 2.06. The van der Waals surface area contributed by atoms with Gasteiger partial charge in [0.2, 0.25) is 8.32 Å². The fourth-order valence-corrected chi connectivity index (χ4v) is 2.59. The van der Waals surface area contributed by atoms with E-state index in [2.05, 4.69) is 49.1 Å². The fraction of sp³-hybridized carbons (Fsp3) is 0.353. The van der Waals surface area contributed by atoms with Gasteiger partial charge in [0.05, 0.1) is 11.4 Å². The summed E-state index contributed by atoms with van der Waals surface area (Å²) in [7, 11) is -1.80. The molecule has 1 aromatic heterocycles. The zero-order valence-corrected chi connectivity index (χ0v) is 14.9. The van der Waals surface area contributed by atoms with Crippen LogP contribution in [0.25, 0.3) is 0 Å². The van der Waals surface area contributed by atoms with Crippen molar-refractivity contribution in [2.45, 2.75) is 38.9 Å². The molecule has 0 aliphatic heterocycles. The Kier molecular flexibility index (Phi) is 4.76. The monoisotopic (exact) mass is 313 g/mol. The van der Waals surface area contributed by atoms with E-state index in [-0.39, 0.29) is 5.04 Å². The molecule has 0 radical (unpaired) electrons. The van der Waals surface area contributed by atoms with Crippen molar-refractivity contribution < 1.29 is 4.43 Å². The third kappa shape index (κ3) is 4.24. The minimum atomic E-state index is -1.80. The van der Waals surface area contributed by atoms with Crippen molar-refractivity contribution in [3.8, 4) is 5.75 Å². The second kappa shape index (κ2) is 6.40. The summed E-state index contributed by atoms with van der Waals surface area (Å²) in [6.45, 7) is 11.2. The molecule has 0 bridgehead atoms. The SMILES string of the molecule is CC(C)(C)[Si](C)(C)Oc1ccc(N=Nc2ccncc2)cc1. The van der Waals surface area contributed by atoms with Crippen LogP contribution in [0.4, 0.5) is 11.4 Å². The smallest absolute Gasteiger partial charge is 0.250 e. The topological polar surface area (TPSA) is 46.8 Å². The summed E-state index contributed by atoms with van der Waals surface area (Å²) in [4.78, 5) is 3.95. The van der Waals surface area contributed by atoms with E-state index in [9.17, 15) is 0 Å². The number of hydrogen-bond donors (Lipinski definition) is 0. The van der Waals surface area contributed by atoms with Crippen molar-refractivity contribution in [3.05, 3.63) is 48.8 Å². The summed E-state index contributed by atoms with van der Waals surface area (Å²) in [6, 6.07) is 11.4. The number of pyridine rings is 1.